The predicted molar refractivity (Wildman–Crippen MR) is 102 cm³/mol. The van der Waals surface area contributed by atoms with Crippen molar-refractivity contribution in [2.75, 3.05) is 4.72 Å². The van der Waals surface area contributed by atoms with E-state index >= 15 is 0 Å². The number of aromatic amines is 1. The van der Waals surface area contributed by atoms with E-state index < -0.39 is 10.0 Å². The highest BCUT2D eigenvalue weighted by molar-refractivity contribution is 7.92. The SMILES string of the molecule is O=S(=O)(Nc1cccc(-c2nn[nH]n2)c1)c1cccc(-c2ccccc2)c1. The summed E-state index contributed by atoms with van der Waals surface area (Å²) in [6, 6.07) is 23.3. The average molecular weight is 377 g/mol. The van der Waals surface area contributed by atoms with Gasteiger partial charge in [0.05, 0.1) is 4.90 Å². The molecule has 3 aromatic carbocycles. The van der Waals surface area contributed by atoms with Crippen LogP contribution in [0.1, 0.15) is 0 Å². The summed E-state index contributed by atoms with van der Waals surface area (Å²) in [6.07, 6.45) is 0. The molecule has 7 nitrogen and oxygen atoms in total. The average Bonchev–Trinajstić information content (AvgIpc) is 3.24. The molecule has 0 radical (unpaired) electrons. The number of nitrogens with zero attached hydrogens (tertiary/aromatic N) is 3. The summed E-state index contributed by atoms with van der Waals surface area (Å²) in [6.45, 7) is 0. The molecule has 0 saturated carbocycles. The van der Waals surface area contributed by atoms with Crippen LogP contribution in [0.5, 0.6) is 0 Å². The Bertz CT molecular complexity index is 1160. The van der Waals surface area contributed by atoms with Crippen LogP contribution in [-0.2, 0) is 10.0 Å². The Kier molecular flexibility index (Phi) is 4.39. The molecule has 8 heteroatoms. The lowest BCUT2D eigenvalue weighted by atomic mass is 10.1. The van der Waals surface area contributed by atoms with Crippen molar-refractivity contribution >= 4 is 15.7 Å². The topological polar surface area (TPSA) is 101 Å². The van der Waals surface area contributed by atoms with Gasteiger partial charge in [-0.2, -0.15) is 5.21 Å². The molecule has 0 aliphatic rings. The Morgan fingerprint density at radius 3 is 2.30 bits per heavy atom. The summed E-state index contributed by atoms with van der Waals surface area (Å²) in [5, 5.41) is 13.7. The van der Waals surface area contributed by atoms with Gasteiger partial charge < -0.3 is 0 Å². The normalized spacial score (nSPS) is 11.3. The molecule has 0 saturated heterocycles. The Morgan fingerprint density at radius 1 is 0.778 bits per heavy atom. The molecule has 0 atom stereocenters. The Morgan fingerprint density at radius 2 is 1.52 bits per heavy atom. The van der Waals surface area contributed by atoms with Crippen molar-refractivity contribution in [3.05, 3.63) is 78.9 Å². The van der Waals surface area contributed by atoms with Crippen molar-refractivity contribution in [2.24, 2.45) is 0 Å². The fourth-order valence-corrected chi connectivity index (χ4v) is 3.79. The van der Waals surface area contributed by atoms with Crippen LogP contribution in [0.4, 0.5) is 5.69 Å². The molecule has 1 aromatic heterocycles. The largest absolute Gasteiger partial charge is 0.280 e. The van der Waals surface area contributed by atoms with Crippen LogP contribution in [0.25, 0.3) is 22.5 Å². The second-order valence-electron chi connectivity index (χ2n) is 5.82. The molecular formula is C19H15N5O2S. The number of hydrogen-bond donors (Lipinski definition) is 2. The minimum Gasteiger partial charge on any atom is -0.280 e. The summed E-state index contributed by atoms with van der Waals surface area (Å²) in [4.78, 5) is 0.189. The fourth-order valence-electron chi connectivity index (χ4n) is 2.69. The first-order chi connectivity index (χ1) is 13.1. The van der Waals surface area contributed by atoms with Crippen molar-refractivity contribution < 1.29 is 8.42 Å². The van der Waals surface area contributed by atoms with E-state index in [0.29, 0.717) is 17.1 Å². The van der Waals surface area contributed by atoms with Crippen LogP contribution in [-0.4, -0.2) is 29.0 Å². The number of anilines is 1. The number of nitrogens with one attached hydrogen (secondary N) is 2. The monoisotopic (exact) mass is 377 g/mol. The summed E-state index contributed by atoms with van der Waals surface area (Å²) in [5.41, 5.74) is 2.86. The molecule has 0 unspecified atom stereocenters. The minimum atomic E-state index is -3.74. The molecule has 0 fully saturated rings. The molecule has 4 aromatic rings. The van der Waals surface area contributed by atoms with E-state index in [-0.39, 0.29) is 4.90 Å². The molecular weight excluding hydrogens is 362 g/mol. The quantitative estimate of drug-likeness (QED) is 0.555. The second-order valence-corrected chi connectivity index (χ2v) is 7.50. The Labute approximate surface area is 156 Å². The van der Waals surface area contributed by atoms with Gasteiger partial charge >= 0.3 is 0 Å². The Hall–Kier alpha value is -3.52. The summed E-state index contributed by atoms with van der Waals surface area (Å²) in [7, 11) is -3.74. The van der Waals surface area contributed by atoms with Crippen molar-refractivity contribution in [1.82, 2.24) is 20.6 Å². The second kappa shape index (κ2) is 7.00. The third-order valence-electron chi connectivity index (χ3n) is 3.97. The van der Waals surface area contributed by atoms with Crippen molar-refractivity contribution in [1.29, 1.82) is 0 Å². The summed E-state index contributed by atoms with van der Waals surface area (Å²) >= 11 is 0. The molecule has 0 aliphatic heterocycles. The van der Waals surface area contributed by atoms with E-state index in [1.54, 1.807) is 42.5 Å². The highest BCUT2D eigenvalue weighted by Crippen LogP contribution is 2.25. The zero-order chi connectivity index (χ0) is 18.7. The molecule has 0 bridgehead atoms. The van der Waals surface area contributed by atoms with Crippen molar-refractivity contribution in [3.63, 3.8) is 0 Å². The smallest absolute Gasteiger partial charge is 0.261 e. The molecule has 27 heavy (non-hydrogen) atoms. The standard InChI is InChI=1S/C19H15N5O2S/c25-27(26,18-11-5-8-15(13-18)14-6-2-1-3-7-14)22-17-10-4-9-16(12-17)19-20-23-24-21-19/h1-13,22H,(H,20,21,23,24). The van der Waals surface area contributed by atoms with E-state index in [1.807, 2.05) is 36.4 Å². The minimum absolute atomic E-state index is 0.189. The molecule has 1 heterocycles. The van der Waals surface area contributed by atoms with E-state index in [2.05, 4.69) is 25.3 Å². The van der Waals surface area contributed by atoms with Gasteiger partial charge in [-0.05, 0) is 40.6 Å². The number of benzene rings is 3. The molecule has 134 valence electrons. The maximum Gasteiger partial charge on any atom is 0.261 e. The van der Waals surface area contributed by atoms with E-state index in [1.165, 1.54) is 0 Å². The van der Waals surface area contributed by atoms with Crippen LogP contribution in [0.2, 0.25) is 0 Å². The highest BCUT2D eigenvalue weighted by Gasteiger charge is 2.16. The summed E-state index contributed by atoms with van der Waals surface area (Å²) < 4.78 is 28.2. The van der Waals surface area contributed by atoms with Crippen LogP contribution in [0, 0.1) is 0 Å². The van der Waals surface area contributed by atoms with Gasteiger partial charge in [0, 0.05) is 11.3 Å². The maximum absolute atomic E-state index is 12.8. The maximum atomic E-state index is 12.8. The van der Waals surface area contributed by atoms with Gasteiger partial charge in [0.2, 0.25) is 5.82 Å². The summed E-state index contributed by atoms with van der Waals surface area (Å²) in [5.74, 6) is 0.391. The fraction of sp³-hybridized carbons (Fsp3) is 0. The van der Waals surface area contributed by atoms with E-state index in [4.69, 9.17) is 0 Å². The number of rotatable bonds is 5. The van der Waals surface area contributed by atoms with Gasteiger partial charge in [-0.3, -0.25) is 4.72 Å². The third kappa shape index (κ3) is 3.70. The van der Waals surface area contributed by atoms with Crippen LogP contribution < -0.4 is 4.72 Å². The lowest BCUT2D eigenvalue weighted by Gasteiger charge is -2.10. The zero-order valence-corrected chi connectivity index (χ0v) is 14.9. The first-order valence-corrected chi connectivity index (χ1v) is 9.62. The van der Waals surface area contributed by atoms with Gasteiger partial charge in [-0.25, -0.2) is 8.42 Å². The first kappa shape index (κ1) is 16.9. The van der Waals surface area contributed by atoms with Crippen LogP contribution in [0.3, 0.4) is 0 Å². The van der Waals surface area contributed by atoms with E-state index in [0.717, 1.165) is 11.1 Å². The van der Waals surface area contributed by atoms with Gasteiger partial charge in [0.1, 0.15) is 0 Å². The van der Waals surface area contributed by atoms with E-state index in [9.17, 15) is 8.42 Å². The molecule has 0 spiro atoms. The molecule has 4 rings (SSSR count). The van der Waals surface area contributed by atoms with Gasteiger partial charge in [0.25, 0.3) is 10.0 Å². The van der Waals surface area contributed by atoms with Gasteiger partial charge in [-0.15, -0.1) is 10.2 Å². The number of sulfonamides is 1. The number of H-pyrrole nitrogens is 1. The van der Waals surface area contributed by atoms with Gasteiger partial charge in [0.15, 0.2) is 0 Å². The zero-order valence-electron chi connectivity index (χ0n) is 14.1. The first-order valence-electron chi connectivity index (χ1n) is 8.14. The number of hydrogen-bond acceptors (Lipinski definition) is 5. The van der Waals surface area contributed by atoms with Crippen molar-refractivity contribution in [3.8, 4) is 22.5 Å². The lowest BCUT2D eigenvalue weighted by molar-refractivity contribution is 0.601. The predicted octanol–water partition coefficient (Wildman–Crippen LogP) is 3.33. The number of tetrazole rings is 1. The molecule has 0 amide bonds. The third-order valence-corrected chi connectivity index (χ3v) is 5.35. The van der Waals surface area contributed by atoms with Crippen LogP contribution in [0.15, 0.2) is 83.8 Å². The Balaban J connectivity index is 1.64. The van der Waals surface area contributed by atoms with Crippen LogP contribution >= 0.6 is 0 Å². The van der Waals surface area contributed by atoms with Gasteiger partial charge in [-0.1, -0.05) is 54.6 Å². The number of aromatic nitrogens is 4. The lowest BCUT2D eigenvalue weighted by Crippen LogP contribution is -2.13. The van der Waals surface area contributed by atoms with Crippen molar-refractivity contribution in [2.45, 2.75) is 4.90 Å². The molecule has 2 N–H and O–H groups in total. The molecule has 0 aliphatic carbocycles. The highest BCUT2D eigenvalue weighted by atomic mass is 32.2.